The van der Waals surface area contributed by atoms with Gasteiger partial charge in [-0.25, -0.2) is 8.42 Å². The highest BCUT2D eigenvalue weighted by atomic mass is 35.5. The van der Waals surface area contributed by atoms with Gasteiger partial charge in [0.2, 0.25) is 11.8 Å². The minimum Gasteiger partial charge on any atom is -0.355 e. The maximum absolute atomic E-state index is 14.5. The standard InChI is InChI=1S/C34H35Cl2N3O4S/c1-4-37-34(41)32(21-26-12-7-5-8-13-26)38(22-29-30(35)16-11-17-31(29)36)33(40)23-39(27-19-24(2)18-25(3)20-27)44(42,43)28-14-9-6-10-15-28/h5-20,32H,4,21-23H2,1-3H3,(H,37,41). The quantitative estimate of drug-likeness (QED) is 0.187. The fourth-order valence-electron chi connectivity index (χ4n) is 5.04. The summed E-state index contributed by atoms with van der Waals surface area (Å²) in [5.41, 5.74) is 3.30. The SMILES string of the molecule is CCNC(=O)C(Cc1ccccc1)N(Cc1c(Cl)cccc1Cl)C(=O)CN(c1cc(C)cc(C)c1)S(=O)(=O)c1ccccc1. The summed E-state index contributed by atoms with van der Waals surface area (Å²) in [6.07, 6.45) is 0.190. The monoisotopic (exact) mass is 651 g/mol. The molecule has 1 atom stereocenters. The summed E-state index contributed by atoms with van der Waals surface area (Å²) in [6.45, 7) is 5.19. The minimum absolute atomic E-state index is 0.0391. The molecule has 4 rings (SSSR count). The Hall–Kier alpha value is -3.85. The number of carbonyl (C=O) groups is 2. The molecular weight excluding hydrogens is 617 g/mol. The molecule has 0 spiro atoms. The number of likely N-dealkylation sites (N-methyl/N-ethyl adjacent to an activating group) is 1. The lowest BCUT2D eigenvalue weighted by Crippen LogP contribution is -2.53. The number of aryl methyl sites for hydroxylation is 2. The third-order valence-corrected chi connectivity index (χ3v) is 9.61. The van der Waals surface area contributed by atoms with Gasteiger partial charge < -0.3 is 10.2 Å². The number of rotatable bonds is 12. The number of nitrogens with zero attached hydrogens (tertiary/aromatic N) is 2. The van der Waals surface area contributed by atoms with Gasteiger partial charge >= 0.3 is 0 Å². The molecule has 0 bridgehead atoms. The van der Waals surface area contributed by atoms with E-state index in [1.807, 2.05) is 50.2 Å². The van der Waals surface area contributed by atoms with E-state index < -0.39 is 28.5 Å². The number of nitrogens with one attached hydrogen (secondary N) is 1. The number of hydrogen-bond donors (Lipinski definition) is 1. The Morgan fingerprint density at radius 3 is 1.95 bits per heavy atom. The zero-order valence-corrected chi connectivity index (χ0v) is 27.2. The number of sulfonamides is 1. The molecule has 4 aromatic rings. The minimum atomic E-state index is -4.19. The fraction of sp³-hybridized carbons (Fsp3) is 0.235. The van der Waals surface area contributed by atoms with E-state index in [1.165, 1.54) is 17.0 Å². The van der Waals surface area contributed by atoms with Crippen LogP contribution in [0.5, 0.6) is 0 Å². The fourth-order valence-corrected chi connectivity index (χ4v) is 6.98. The van der Waals surface area contributed by atoms with E-state index in [0.717, 1.165) is 21.0 Å². The van der Waals surface area contributed by atoms with Gasteiger partial charge in [0.1, 0.15) is 12.6 Å². The van der Waals surface area contributed by atoms with Gasteiger partial charge in [0.25, 0.3) is 10.0 Å². The van der Waals surface area contributed by atoms with Gasteiger partial charge in [-0.1, -0.05) is 83.9 Å². The third kappa shape index (κ3) is 8.00. The van der Waals surface area contributed by atoms with Crippen molar-refractivity contribution < 1.29 is 18.0 Å². The Morgan fingerprint density at radius 1 is 0.818 bits per heavy atom. The zero-order valence-electron chi connectivity index (χ0n) is 24.8. The molecular formula is C34H35Cl2N3O4S. The van der Waals surface area contributed by atoms with E-state index in [1.54, 1.807) is 55.5 Å². The first kappa shape index (κ1) is 33.1. The maximum Gasteiger partial charge on any atom is 0.264 e. The normalized spacial score (nSPS) is 11.9. The van der Waals surface area contributed by atoms with Gasteiger partial charge in [0, 0.05) is 35.1 Å². The Balaban J connectivity index is 1.85. The predicted octanol–water partition coefficient (Wildman–Crippen LogP) is 6.58. The summed E-state index contributed by atoms with van der Waals surface area (Å²) in [5, 5.41) is 3.49. The second-order valence-electron chi connectivity index (χ2n) is 10.5. The van der Waals surface area contributed by atoms with Crippen LogP contribution in [-0.4, -0.2) is 44.3 Å². The molecule has 0 aliphatic rings. The maximum atomic E-state index is 14.5. The molecule has 1 N–H and O–H groups in total. The molecule has 2 amide bonds. The van der Waals surface area contributed by atoms with E-state index in [-0.39, 0.29) is 23.8 Å². The highest BCUT2D eigenvalue weighted by molar-refractivity contribution is 7.92. The second-order valence-corrected chi connectivity index (χ2v) is 13.2. The Bertz CT molecular complexity index is 1680. The molecule has 44 heavy (non-hydrogen) atoms. The molecule has 0 saturated heterocycles. The van der Waals surface area contributed by atoms with Crippen LogP contribution in [0.2, 0.25) is 10.0 Å². The van der Waals surface area contributed by atoms with E-state index >= 15 is 0 Å². The first-order chi connectivity index (χ1) is 21.0. The van der Waals surface area contributed by atoms with Gasteiger partial charge in [-0.3, -0.25) is 13.9 Å². The zero-order chi connectivity index (χ0) is 31.9. The average molecular weight is 653 g/mol. The smallest absolute Gasteiger partial charge is 0.264 e. The summed E-state index contributed by atoms with van der Waals surface area (Å²) >= 11 is 13.1. The van der Waals surface area contributed by atoms with Crippen LogP contribution in [0.1, 0.15) is 29.2 Å². The lowest BCUT2D eigenvalue weighted by Gasteiger charge is -2.34. The topological polar surface area (TPSA) is 86.8 Å². The van der Waals surface area contributed by atoms with Crippen molar-refractivity contribution in [2.75, 3.05) is 17.4 Å². The van der Waals surface area contributed by atoms with E-state index in [4.69, 9.17) is 23.2 Å². The second kappa shape index (κ2) is 14.8. The molecule has 1 unspecified atom stereocenters. The molecule has 0 aliphatic heterocycles. The number of halogens is 2. The van der Waals surface area contributed by atoms with E-state index in [2.05, 4.69) is 5.32 Å². The number of amides is 2. The first-order valence-corrected chi connectivity index (χ1v) is 16.4. The molecule has 10 heteroatoms. The summed E-state index contributed by atoms with van der Waals surface area (Å²) in [4.78, 5) is 29.5. The molecule has 4 aromatic carbocycles. The average Bonchev–Trinajstić information content (AvgIpc) is 2.99. The summed E-state index contributed by atoms with van der Waals surface area (Å²) in [7, 11) is -4.19. The molecule has 0 saturated carbocycles. The largest absolute Gasteiger partial charge is 0.355 e. The van der Waals surface area contributed by atoms with Gasteiger partial charge in [-0.15, -0.1) is 0 Å². The van der Waals surface area contributed by atoms with Gasteiger partial charge in [0.15, 0.2) is 0 Å². The molecule has 0 aliphatic carbocycles. The Kier molecular flexibility index (Phi) is 11.1. The molecule has 0 fully saturated rings. The van der Waals surface area contributed by atoms with Crippen LogP contribution < -0.4 is 9.62 Å². The lowest BCUT2D eigenvalue weighted by atomic mass is 10.0. The third-order valence-electron chi connectivity index (χ3n) is 7.12. The highest BCUT2D eigenvalue weighted by Crippen LogP contribution is 2.29. The predicted molar refractivity (Wildman–Crippen MR) is 177 cm³/mol. The number of anilines is 1. The van der Waals surface area contributed by atoms with Crippen molar-refractivity contribution in [1.82, 2.24) is 10.2 Å². The van der Waals surface area contributed by atoms with Crippen molar-refractivity contribution in [2.45, 2.75) is 44.7 Å². The van der Waals surface area contributed by atoms with Crippen molar-refractivity contribution in [3.05, 3.63) is 129 Å². The van der Waals surface area contributed by atoms with Crippen LogP contribution in [0.15, 0.2) is 102 Å². The van der Waals surface area contributed by atoms with Crippen molar-refractivity contribution in [3.63, 3.8) is 0 Å². The summed E-state index contributed by atoms with van der Waals surface area (Å²) < 4.78 is 29.3. The summed E-state index contributed by atoms with van der Waals surface area (Å²) in [5.74, 6) is -0.969. The Morgan fingerprint density at radius 2 is 1.39 bits per heavy atom. The summed E-state index contributed by atoms with van der Waals surface area (Å²) in [6, 6.07) is 26.7. The number of hydrogen-bond acceptors (Lipinski definition) is 4. The molecule has 230 valence electrons. The lowest BCUT2D eigenvalue weighted by molar-refractivity contribution is -0.140. The Labute approximate surface area is 269 Å². The van der Waals surface area contributed by atoms with Gasteiger partial charge in [-0.05, 0) is 73.9 Å². The van der Waals surface area contributed by atoms with Crippen molar-refractivity contribution in [2.24, 2.45) is 0 Å². The first-order valence-electron chi connectivity index (χ1n) is 14.2. The van der Waals surface area contributed by atoms with Crippen molar-refractivity contribution in [3.8, 4) is 0 Å². The van der Waals surface area contributed by atoms with Crippen LogP contribution in [-0.2, 0) is 32.6 Å². The number of benzene rings is 4. The van der Waals surface area contributed by atoms with Crippen LogP contribution in [0.3, 0.4) is 0 Å². The molecule has 0 radical (unpaired) electrons. The van der Waals surface area contributed by atoms with E-state index in [0.29, 0.717) is 27.8 Å². The molecule has 0 aromatic heterocycles. The van der Waals surface area contributed by atoms with Crippen LogP contribution in [0, 0.1) is 13.8 Å². The van der Waals surface area contributed by atoms with Crippen molar-refractivity contribution >= 4 is 50.7 Å². The molecule has 0 heterocycles. The van der Waals surface area contributed by atoms with Crippen molar-refractivity contribution in [1.29, 1.82) is 0 Å². The van der Waals surface area contributed by atoms with Crippen LogP contribution in [0.4, 0.5) is 5.69 Å². The number of carbonyl (C=O) groups excluding carboxylic acids is 2. The van der Waals surface area contributed by atoms with Crippen LogP contribution >= 0.6 is 23.2 Å². The van der Waals surface area contributed by atoms with E-state index in [9.17, 15) is 18.0 Å². The van der Waals surface area contributed by atoms with Gasteiger partial charge in [0.05, 0.1) is 10.6 Å². The van der Waals surface area contributed by atoms with Crippen LogP contribution in [0.25, 0.3) is 0 Å². The molecule has 7 nitrogen and oxygen atoms in total. The highest BCUT2D eigenvalue weighted by Gasteiger charge is 2.35. The van der Waals surface area contributed by atoms with Gasteiger partial charge in [-0.2, -0.15) is 0 Å².